The topological polar surface area (TPSA) is 93.4 Å². The number of nitrogens with one attached hydrogen (secondary N) is 1. The molecule has 2 rings (SSSR count). The van der Waals surface area contributed by atoms with Gasteiger partial charge in [-0.15, -0.1) is 0 Å². The van der Waals surface area contributed by atoms with Gasteiger partial charge in [0.1, 0.15) is 5.56 Å². The fourth-order valence-electron chi connectivity index (χ4n) is 2.69. The van der Waals surface area contributed by atoms with Gasteiger partial charge in [-0.05, 0) is 32.4 Å². The van der Waals surface area contributed by atoms with Crippen LogP contribution in [0.2, 0.25) is 0 Å². The number of nitrogens with two attached hydrogens (primary N) is 1. The quantitative estimate of drug-likeness (QED) is 0.782. The van der Waals surface area contributed by atoms with Gasteiger partial charge in [-0.2, -0.15) is 4.98 Å². The van der Waals surface area contributed by atoms with Crippen LogP contribution in [0.3, 0.4) is 0 Å². The van der Waals surface area contributed by atoms with Crippen molar-refractivity contribution in [3.05, 3.63) is 11.8 Å². The predicted molar refractivity (Wildman–Crippen MR) is 84.8 cm³/mol. The minimum atomic E-state index is -0.214. The summed E-state index contributed by atoms with van der Waals surface area (Å²) in [5.41, 5.74) is 5.91. The summed E-state index contributed by atoms with van der Waals surface area (Å²) in [5, 5.41) is 2.96. The van der Waals surface area contributed by atoms with Crippen LogP contribution in [0.5, 0.6) is 5.88 Å². The molecule has 1 aliphatic heterocycles. The van der Waals surface area contributed by atoms with Crippen molar-refractivity contribution in [3.63, 3.8) is 0 Å². The first-order chi connectivity index (χ1) is 10.7. The maximum absolute atomic E-state index is 12.4. The number of nitrogens with zero attached hydrogens (tertiary/aromatic N) is 3. The van der Waals surface area contributed by atoms with Crippen molar-refractivity contribution in [3.8, 4) is 5.88 Å². The Balaban J connectivity index is 1.99. The Morgan fingerprint density at radius 3 is 3.09 bits per heavy atom. The third-order valence-corrected chi connectivity index (χ3v) is 3.86. The lowest BCUT2D eigenvalue weighted by Gasteiger charge is -2.23. The third kappa shape index (κ3) is 4.07. The first kappa shape index (κ1) is 16.5. The standard InChI is InChI=1S/C15H25N5O2/c1-3-8-22-14-12(10-18-15(16)19-14)13(21)17-9-11-6-5-7-20(11)4-2/h10-11H,3-9H2,1-2H3,(H,17,21)(H2,16,18,19). The molecule has 2 heterocycles. The van der Waals surface area contributed by atoms with Crippen LogP contribution in [0.15, 0.2) is 6.20 Å². The van der Waals surface area contributed by atoms with Gasteiger partial charge < -0.3 is 15.8 Å². The van der Waals surface area contributed by atoms with E-state index in [9.17, 15) is 4.79 Å². The zero-order valence-electron chi connectivity index (χ0n) is 13.3. The molecule has 1 fully saturated rings. The Kier molecular flexibility index (Phi) is 5.94. The van der Waals surface area contributed by atoms with E-state index >= 15 is 0 Å². The van der Waals surface area contributed by atoms with E-state index < -0.39 is 0 Å². The molecule has 1 unspecified atom stereocenters. The minimum Gasteiger partial charge on any atom is -0.477 e. The fraction of sp³-hybridized carbons (Fsp3) is 0.667. The molecule has 0 spiro atoms. The normalized spacial score (nSPS) is 18.4. The molecule has 0 aliphatic carbocycles. The zero-order valence-corrected chi connectivity index (χ0v) is 13.3. The van der Waals surface area contributed by atoms with E-state index in [1.54, 1.807) is 0 Å². The number of likely N-dealkylation sites (tertiary alicyclic amines) is 1. The first-order valence-electron chi connectivity index (χ1n) is 7.93. The first-order valence-corrected chi connectivity index (χ1v) is 7.93. The van der Waals surface area contributed by atoms with E-state index in [0.29, 0.717) is 24.8 Å². The summed E-state index contributed by atoms with van der Waals surface area (Å²) in [6, 6.07) is 0.406. The number of rotatable bonds is 7. The molecule has 3 N–H and O–H groups in total. The van der Waals surface area contributed by atoms with Gasteiger partial charge in [0.05, 0.1) is 6.61 Å². The molecule has 1 amide bonds. The average Bonchev–Trinajstić information content (AvgIpc) is 2.98. The Labute approximate surface area is 131 Å². The number of carbonyl (C=O) groups excluding carboxylic acids is 1. The molecule has 0 bridgehead atoms. The highest BCUT2D eigenvalue weighted by Crippen LogP contribution is 2.18. The van der Waals surface area contributed by atoms with Gasteiger partial charge in [-0.25, -0.2) is 4.98 Å². The van der Waals surface area contributed by atoms with Gasteiger partial charge in [0.2, 0.25) is 11.8 Å². The van der Waals surface area contributed by atoms with E-state index in [2.05, 4.69) is 27.1 Å². The van der Waals surface area contributed by atoms with Crippen molar-refractivity contribution in [2.45, 2.75) is 39.2 Å². The summed E-state index contributed by atoms with van der Waals surface area (Å²) in [5.74, 6) is 0.148. The number of aromatic nitrogens is 2. The number of amides is 1. The molecule has 1 aliphatic rings. The summed E-state index contributed by atoms with van der Waals surface area (Å²) >= 11 is 0. The summed E-state index contributed by atoms with van der Waals surface area (Å²) in [6.45, 7) is 7.37. The van der Waals surface area contributed by atoms with E-state index in [-0.39, 0.29) is 17.7 Å². The molecule has 7 heteroatoms. The maximum atomic E-state index is 12.4. The van der Waals surface area contributed by atoms with Crippen LogP contribution in [-0.2, 0) is 0 Å². The molecule has 1 aromatic heterocycles. The third-order valence-electron chi connectivity index (χ3n) is 3.86. The van der Waals surface area contributed by atoms with Gasteiger partial charge in [-0.3, -0.25) is 9.69 Å². The van der Waals surface area contributed by atoms with Crippen molar-refractivity contribution in [1.82, 2.24) is 20.2 Å². The highest BCUT2D eigenvalue weighted by molar-refractivity contribution is 5.96. The van der Waals surface area contributed by atoms with Crippen molar-refractivity contribution in [2.24, 2.45) is 0 Å². The molecule has 7 nitrogen and oxygen atoms in total. The van der Waals surface area contributed by atoms with Crippen molar-refractivity contribution in [1.29, 1.82) is 0 Å². The second-order valence-corrected chi connectivity index (χ2v) is 5.43. The number of anilines is 1. The summed E-state index contributed by atoms with van der Waals surface area (Å²) in [4.78, 5) is 22.7. The molecule has 0 saturated carbocycles. The van der Waals surface area contributed by atoms with E-state index in [4.69, 9.17) is 10.5 Å². The Hall–Kier alpha value is -1.89. The number of hydrogen-bond acceptors (Lipinski definition) is 6. The fourth-order valence-corrected chi connectivity index (χ4v) is 2.69. The molecule has 122 valence electrons. The summed E-state index contributed by atoms with van der Waals surface area (Å²) < 4.78 is 5.50. The lowest BCUT2D eigenvalue weighted by atomic mass is 10.2. The summed E-state index contributed by atoms with van der Waals surface area (Å²) in [6.07, 6.45) is 4.56. The average molecular weight is 307 g/mol. The highest BCUT2D eigenvalue weighted by atomic mass is 16.5. The molecule has 1 saturated heterocycles. The van der Waals surface area contributed by atoms with Crippen LogP contribution in [0.1, 0.15) is 43.5 Å². The molecule has 0 radical (unpaired) electrons. The van der Waals surface area contributed by atoms with Crippen LogP contribution in [0.25, 0.3) is 0 Å². The smallest absolute Gasteiger partial charge is 0.258 e. The predicted octanol–water partition coefficient (Wildman–Crippen LogP) is 1.06. The molecule has 22 heavy (non-hydrogen) atoms. The molecular weight excluding hydrogens is 282 g/mol. The van der Waals surface area contributed by atoms with E-state index in [0.717, 1.165) is 25.9 Å². The number of nitrogen functional groups attached to an aromatic ring is 1. The molecular formula is C15H25N5O2. The number of likely N-dealkylation sites (N-methyl/N-ethyl adjacent to an activating group) is 1. The Morgan fingerprint density at radius 1 is 1.55 bits per heavy atom. The van der Waals surface area contributed by atoms with Gasteiger partial charge >= 0.3 is 0 Å². The SMILES string of the molecule is CCCOc1nc(N)ncc1C(=O)NCC1CCCN1CC. The largest absolute Gasteiger partial charge is 0.477 e. The van der Waals surface area contributed by atoms with Crippen molar-refractivity contribution >= 4 is 11.9 Å². The number of hydrogen-bond donors (Lipinski definition) is 2. The number of carbonyl (C=O) groups is 1. The Bertz CT molecular complexity index is 509. The lowest BCUT2D eigenvalue weighted by Crippen LogP contribution is -2.40. The molecule has 0 aromatic carbocycles. The van der Waals surface area contributed by atoms with Crippen LogP contribution in [0, 0.1) is 0 Å². The lowest BCUT2D eigenvalue weighted by molar-refractivity contribution is 0.0936. The molecule has 1 aromatic rings. The van der Waals surface area contributed by atoms with Crippen LogP contribution < -0.4 is 15.8 Å². The van der Waals surface area contributed by atoms with Crippen LogP contribution in [-0.4, -0.2) is 53.1 Å². The summed E-state index contributed by atoms with van der Waals surface area (Å²) in [7, 11) is 0. The van der Waals surface area contributed by atoms with Gasteiger partial charge in [0, 0.05) is 18.8 Å². The minimum absolute atomic E-state index is 0.107. The van der Waals surface area contributed by atoms with Crippen LogP contribution >= 0.6 is 0 Å². The van der Waals surface area contributed by atoms with Crippen LogP contribution in [0.4, 0.5) is 5.95 Å². The maximum Gasteiger partial charge on any atom is 0.258 e. The highest BCUT2D eigenvalue weighted by Gasteiger charge is 2.24. The molecule has 1 atom stereocenters. The zero-order chi connectivity index (χ0) is 15.9. The van der Waals surface area contributed by atoms with Crippen molar-refractivity contribution in [2.75, 3.05) is 32.0 Å². The van der Waals surface area contributed by atoms with E-state index in [1.807, 2.05) is 6.92 Å². The second-order valence-electron chi connectivity index (χ2n) is 5.43. The van der Waals surface area contributed by atoms with Gasteiger partial charge in [0.25, 0.3) is 5.91 Å². The monoisotopic (exact) mass is 307 g/mol. The second kappa shape index (κ2) is 7.93. The van der Waals surface area contributed by atoms with Gasteiger partial charge in [0.15, 0.2) is 0 Å². The Morgan fingerprint density at radius 2 is 2.36 bits per heavy atom. The van der Waals surface area contributed by atoms with Crippen molar-refractivity contribution < 1.29 is 9.53 Å². The number of ether oxygens (including phenoxy) is 1. The van der Waals surface area contributed by atoms with E-state index in [1.165, 1.54) is 12.6 Å². The van der Waals surface area contributed by atoms with Gasteiger partial charge in [-0.1, -0.05) is 13.8 Å².